The molecule has 1 atom stereocenters. The number of carbonyl (C=O) groups is 2. The van der Waals surface area contributed by atoms with Gasteiger partial charge in [0.15, 0.2) is 0 Å². The third kappa shape index (κ3) is 2.58. The van der Waals surface area contributed by atoms with Gasteiger partial charge in [-0.15, -0.1) is 11.3 Å². The number of rotatable bonds is 3. The van der Waals surface area contributed by atoms with Crippen molar-refractivity contribution in [3.63, 3.8) is 0 Å². The van der Waals surface area contributed by atoms with E-state index in [0.717, 1.165) is 11.3 Å². The lowest BCUT2D eigenvalue weighted by molar-refractivity contribution is -0.147. The number of amides is 2. The van der Waals surface area contributed by atoms with Crippen molar-refractivity contribution in [1.29, 1.82) is 0 Å². The Kier molecular flexibility index (Phi) is 3.80. The van der Waals surface area contributed by atoms with Crippen molar-refractivity contribution in [3.8, 4) is 0 Å². The van der Waals surface area contributed by atoms with Crippen molar-refractivity contribution in [2.24, 2.45) is 0 Å². The molecule has 1 aromatic rings. The van der Waals surface area contributed by atoms with Crippen LogP contribution in [0.15, 0.2) is 17.5 Å². The second-order valence-corrected chi connectivity index (χ2v) is 6.08. The van der Waals surface area contributed by atoms with E-state index in [1.807, 2.05) is 17.5 Å². The van der Waals surface area contributed by atoms with Gasteiger partial charge in [0.05, 0.1) is 6.54 Å². The zero-order valence-corrected chi connectivity index (χ0v) is 11.9. The van der Waals surface area contributed by atoms with Crippen LogP contribution in [-0.2, 0) is 11.3 Å². The van der Waals surface area contributed by atoms with Crippen LogP contribution in [-0.4, -0.2) is 46.0 Å². The lowest BCUT2D eigenvalue weighted by Crippen LogP contribution is -2.54. The van der Waals surface area contributed by atoms with Crippen LogP contribution in [0.4, 0.5) is 4.79 Å². The van der Waals surface area contributed by atoms with Gasteiger partial charge in [-0.05, 0) is 31.2 Å². The number of carboxylic acids is 1. The molecule has 2 amide bonds. The summed E-state index contributed by atoms with van der Waals surface area (Å²) in [4.78, 5) is 27.9. The van der Waals surface area contributed by atoms with Crippen molar-refractivity contribution < 1.29 is 14.7 Å². The van der Waals surface area contributed by atoms with E-state index in [2.05, 4.69) is 0 Å². The number of urea groups is 1. The topological polar surface area (TPSA) is 60.9 Å². The fourth-order valence-electron chi connectivity index (χ4n) is 2.40. The Balaban J connectivity index is 2.08. The van der Waals surface area contributed by atoms with Gasteiger partial charge in [-0.2, -0.15) is 0 Å². The van der Waals surface area contributed by atoms with Gasteiger partial charge >= 0.3 is 12.0 Å². The highest BCUT2D eigenvalue weighted by molar-refractivity contribution is 7.09. The number of thiophene rings is 1. The quantitative estimate of drug-likeness (QED) is 0.925. The summed E-state index contributed by atoms with van der Waals surface area (Å²) in [5.74, 6) is -0.928. The van der Waals surface area contributed by atoms with Crippen LogP contribution in [0, 0.1) is 0 Å². The Labute approximate surface area is 116 Å². The Morgan fingerprint density at radius 1 is 1.58 bits per heavy atom. The highest BCUT2D eigenvalue weighted by Gasteiger charge is 2.46. The van der Waals surface area contributed by atoms with Gasteiger partial charge in [0.25, 0.3) is 0 Å². The number of carbonyl (C=O) groups excluding carboxylic acids is 1. The van der Waals surface area contributed by atoms with E-state index < -0.39 is 11.5 Å². The number of likely N-dealkylation sites (tertiary alicyclic amines) is 1. The summed E-state index contributed by atoms with van der Waals surface area (Å²) >= 11 is 1.59. The maximum Gasteiger partial charge on any atom is 0.329 e. The van der Waals surface area contributed by atoms with Crippen LogP contribution in [0.25, 0.3) is 0 Å². The van der Waals surface area contributed by atoms with E-state index in [4.69, 9.17) is 0 Å². The van der Waals surface area contributed by atoms with Crippen LogP contribution < -0.4 is 0 Å². The largest absolute Gasteiger partial charge is 0.480 e. The smallest absolute Gasteiger partial charge is 0.329 e. The molecule has 5 nitrogen and oxygen atoms in total. The van der Waals surface area contributed by atoms with E-state index in [9.17, 15) is 14.7 Å². The van der Waals surface area contributed by atoms with Crippen LogP contribution in [0.3, 0.4) is 0 Å². The van der Waals surface area contributed by atoms with Crippen LogP contribution in [0.1, 0.15) is 24.6 Å². The summed E-state index contributed by atoms with van der Waals surface area (Å²) in [6, 6.07) is 3.69. The van der Waals surface area contributed by atoms with Gasteiger partial charge in [-0.1, -0.05) is 6.07 Å². The molecule has 19 heavy (non-hydrogen) atoms. The van der Waals surface area contributed by atoms with Gasteiger partial charge < -0.3 is 14.9 Å². The van der Waals surface area contributed by atoms with E-state index in [1.54, 1.807) is 30.2 Å². The average molecular weight is 282 g/mol. The highest BCUT2D eigenvalue weighted by atomic mass is 32.1. The standard InChI is InChI=1S/C13H18N2O3S/c1-13(11(16)17)6-4-7-15(13)12(18)14(2)9-10-5-3-8-19-10/h3,5,8H,4,6-7,9H2,1-2H3,(H,16,17). The molecule has 1 N–H and O–H groups in total. The number of nitrogens with zero attached hydrogens (tertiary/aromatic N) is 2. The Hall–Kier alpha value is -1.56. The normalized spacial score (nSPS) is 22.5. The summed E-state index contributed by atoms with van der Waals surface area (Å²) in [7, 11) is 1.71. The van der Waals surface area contributed by atoms with E-state index in [-0.39, 0.29) is 6.03 Å². The van der Waals surface area contributed by atoms with Crippen molar-refractivity contribution in [2.75, 3.05) is 13.6 Å². The lowest BCUT2D eigenvalue weighted by atomic mass is 10.00. The van der Waals surface area contributed by atoms with Gasteiger partial charge in [0.1, 0.15) is 5.54 Å². The predicted molar refractivity (Wildman–Crippen MR) is 73.2 cm³/mol. The number of hydrogen-bond donors (Lipinski definition) is 1. The van der Waals surface area contributed by atoms with Gasteiger partial charge in [-0.3, -0.25) is 0 Å². The SMILES string of the molecule is CN(Cc1cccs1)C(=O)N1CCCC1(C)C(=O)O. The van der Waals surface area contributed by atoms with Crippen LogP contribution in [0.5, 0.6) is 0 Å². The first-order valence-electron chi connectivity index (χ1n) is 6.23. The minimum atomic E-state index is -1.07. The molecule has 1 unspecified atom stereocenters. The van der Waals surface area contributed by atoms with E-state index in [0.29, 0.717) is 19.5 Å². The molecule has 0 bridgehead atoms. The molecule has 6 heteroatoms. The Morgan fingerprint density at radius 2 is 2.32 bits per heavy atom. The zero-order valence-electron chi connectivity index (χ0n) is 11.1. The Morgan fingerprint density at radius 3 is 2.89 bits per heavy atom. The molecule has 1 aliphatic heterocycles. The van der Waals surface area contributed by atoms with E-state index >= 15 is 0 Å². The maximum absolute atomic E-state index is 12.4. The molecule has 2 heterocycles. The van der Waals surface area contributed by atoms with Gasteiger partial charge in [-0.25, -0.2) is 9.59 Å². The molecule has 1 fully saturated rings. The molecule has 2 rings (SSSR count). The molecular formula is C13H18N2O3S. The van der Waals surface area contributed by atoms with E-state index in [1.165, 1.54) is 4.90 Å². The first-order chi connectivity index (χ1) is 8.95. The van der Waals surface area contributed by atoms with Crippen molar-refractivity contribution >= 4 is 23.3 Å². The molecule has 0 aliphatic carbocycles. The fraction of sp³-hybridized carbons (Fsp3) is 0.538. The van der Waals surface area contributed by atoms with Crippen molar-refractivity contribution in [1.82, 2.24) is 9.80 Å². The summed E-state index contributed by atoms with van der Waals surface area (Å²) in [6.07, 6.45) is 1.25. The Bertz CT molecular complexity index is 474. The van der Waals surface area contributed by atoms with Crippen molar-refractivity contribution in [3.05, 3.63) is 22.4 Å². The molecule has 1 saturated heterocycles. The zero-order chi connectivity index (χ0) is 14.0. The average Bonchev–Trinajstić information content (AvgIpc) is 2.98. The number of hydrogen-bond acceptors (Lipinski definition) is 3. The predicted octanol–water partition coefficient (Wildman–Crippen LogP) is 2.24. The minimum absolute atomic E-state index is 0.212. The number of carboxylic acid groups (broad SMARTS) is 1. The molecule has 0 saturated carbocycles. The number of aliphatic carboxylic acids is 1. The second-order valence-electron chi connectivity index (χ2n) is 5.05. The molecule has 0 radical (unpaired) electrons. The second kappa shape index (κ2) is 5.21. The van der Waals surface area contributed by atoms with Gasteiger partial charge in [0, 0.05) is 18.5 Å². The summed E-state index contributed by atoms with van der Waals surface area (Å²) in [5.41, 5.74) is -1.07. The summed E-state index contributed by atoms with van der Waals surface area (Å²) in [5, 5.41) is 11.3. The van der Waals surface area contributed by atoms with Crippen LogP contribution >= 0.6 is 11.3 Å². The lowest BCUT2D eigenvalue weighted by Gasteiger charge is -2.34. The minimum Gasteiger partial charge on any atom is -0.480 e. The highest BCUT2D eigenvalue weighted by Crippen LogP contribution is 2.30. The fourth-order valence-corrected chi connectivity index (χ4v) is 3.16. The first-order valence-corrected chi connectivity index (χ1v) is 7.11. The third-order valence-corrected chi connectivity index (χ3v) is 4.49. The first kappa shape index (κ1) is 13.9. The summed E-state index contributed by atoms with van der Waals surface area (Å²) < 4.78 is 0. The third-order valence-electron chi connectivity index (χ3n) is 3.63. The van der Waals surface area contributed by atoms with Gasteiger partial charge in [0.2, 0.25) is 0 Å². The molecule has 1 aromatic heterocycles. The van der Waals surface area contributed by atoms with Crippen molar-refractivity contribution in [2.45, 2.75) is 31.8 Å². The monoisotopic (exact) mass is 282 g/mol. The molecule has 0 aromatic carbocycles. The molecular weight excluding hydrogens is 264 g/mol. The molecule has 104 valence electrons. The maximum atomic E-state index is 12.4. The molecule has 1 aliphatic rings. The molecule has 0 spiro atoms. The summed E-state index contributed by atoms with van der Waals surface area (Å²) in [6.45, 7) is 2.65. The van der Waals surface area contributed by atoms with Crippen LogP contribution in [0.2, 0.25) is 0 Å².